The summed E-state index contributed by atoms with van der Waals surface area (Å²) in [6.45, 7) is 5.78. The summed E-state index contributed by atoms with van der Waals surface area (Å²) < 4.78 is 0. The summed E-state index contributed by atoms with van der Waals surface area (Å²) >= 11 is 0. The average Bonchev–Trinajstić information content (AvgIpc) is 2.38. The first-order chi connectivity index (χ1) is 5.21. The Balaban J connectivity index is 2.62. The van der Waals surface area contributed by atoms with Crippen molar-refractivity contribution in [2.45, 2.75) is 33.1 Å². The zero-order valence-electron chi connectivity index (χ0n) is 7.44. The highest BCUT2D eigenvalue weighted by molar-refractivity contribution is 5.82. The normalized spacial score (nSPS) is 30.7. The maximum absolute atomic E-state index is 11.3. The number of carbonyl (C=O) groups excluding carboxylic acids is 1. The van der Waals surface area contributed by atoms with E-state index >= 15 is 0 Å². The molecule has 0 aromatic carbocycles. The molecule has 1 saturated heterocycles. The van der Waals surface area contributed by atoms with Gasteiger partial charge in [0, 0.05) is 12.0 Å². The fourth-order valence-electron chi connectivity index (χ4n) is 1.91. The van der Waals surface area contributed by atoms with Crippen LogP contribution >= 0.6 is 0 Å². The number of Topliss-reactive ketones (excluding diaryl/α,β-unsaturated/α-hetero) is 1. The number of rotatable bonds is 3. The van der Waals surface area contributed by atoms with Crippen LogP contribution in [0.25, 0.3) is 0 Å². The highest BCUT2D eigenvalue weighted by Gasteiger charge is 2.36. The molecular weight excluding hydrogens is 138 g/mol. The van der Waals surface area contributed by atoms with Gasteiger partial charge in [-0.05, 0) is 26.3 Å². The molecule has 0 amide bonds. The van der Waals surface area contributed by atoms with E-state index in [1.807, 2.05) is 0 Å². The van der Waals surface area contributed by atoms with E-state index in [9.17, 15) is 4.79 Å². The quantitative estimate of drug-likeness (QED) is 0.666. The SMILES string of the molecule is CCCC1(C(C)=O)CCNC1. The third-order valence-electron chi connectivity index (χ3n) is 2.72. The molecule has 1 heterocycles. The van der Waals surface area contributed by atoms with Crippen molar-refractivity contribution in [3.63, 3.8) is 0 Å². The molecule has 1 N–H and O–H groups in total. The van der Waals surface area contributed by atoms with Gasteiger partial charge in [-0.25, -0.2) is 0 Å². The van der Waals surface area contributed by atoms with Crippen molar-refractivity contribution in [3.05, 3.63) is 0 Å². The van der Waals surface area contributed by atoms with Gasteiger partial charge in [0.1, 0.15) is 5.78 Å². The highest BCUT2D eigenvalue weighted by Crippen LogP contribution is 2.31. The summed E-state index contributed by atoms with van der Waals surface area (Å²) in [5.41, 5.74) is -0.00521. The Morgan fingerprint density at radius 1 is 1.64 bits per heavy atom. The Bertz CT molecular complexity index is 148. The van der Waals surface area contributed by atoms with E-state index < -0.39 is 0 Å². The van der Waals surface area contributed by atoms with E-state index in [0.29, 0.717) is 5.78 Å². The first-order valence-corrected chi connectivity index (χ1v) is 4.43. The topological polar surface area (TPSA) is 29.1 Å². The fraction of sp³-hybridized carbons (Fsp3) is 0.889. The van der Waals surface area contributed by atoms with Gasteiger partial charge in [-0.3, -0.25) is 4.79 Å². The van der Waals surface area contributed by atoms with Crippen LogP contribution in [0.3, 0.4) is 0 Å². The minimum Gasteiger partial charge on any atom is -0.316 e. The van der Waals surface area contributed by atoms with Crippen LogP contribution < -0.4 is 5.32 Å². The zero-order valence-corrected chi connectivity index (χ0v) is 7.44. The lowest BCUT2D eigenvalue weighted by molar-refractivity contribution is -0.125. The van der Waals surface area contributed by atoms with Gasteiger partial charge in [-0.2, -0.15) is 0 Å². The summed E-state index contributed by atoms with van der Waals surface area (Å²) in [5.74, 6) is 0.365. The number of ketones is 1. The Morgan fingerprint density at radius 2 is 2.36 bits per heavy atom. The molecule has 1 aliphatic heterocycles. The summed E-state index contributed by atoms with van der Waals surface area (Å²) in [5, 5.41) is 3.26. The molecule has 0 saturated carbocycles. The lowest BCUT2D eigenvalue weighted by Crippen LogP contribution is -2.31. The maximum atomic E-state index is 11.3. The minimum atomic E-state index is -0.00521. The standard InChI is InChI=1S/C9H17NO/c1-3-4-9(8(2)11)5-6-10-7-9/h10H,3-7H2,1-2H3. The first-order valence-electron chi connectivity index (χ1n) is 4.43. The van der Waals surface area contributed by atoms with Gasteiger partial charge < -0.3 is 5.32 Å². The van der Waals surface area contributed by atoms with Crippen LogP contribution in [0, 0.1) is 5.41 Å². The first kappa shape index (κ1) is 8.72. The van der Waals surface area contributed by atoms with E-state index in [-0.39, 0.29) is 5.41 Å². The Hall–Kier alpha value is -0.370. The Morgan fingerprint density at radius 3 is 2.73 bits per heavy atom. The lowest BCUT2D eigenvalue weighted by atomic mass is 9.79. The molecule has 64 valence electrons. The number of nitrogens with one attached hydrogen (secondary N) is 1. The van der Waals surface area contributed by atoms with Gasteiger partial charge in [0.15, 0.2) is 0 Å². The molecule has 0 aromatic rings. The van der Waals surface area contributed by atoms with E-state index in [1.54, 1.807) is 6.92 Å². The van der Waals surface area contributed by atoms with Crippen molar-refractivity contribution in [2.24, 2.45) is 5.41 Å². The summed E-state index contributed by atoms with van der Waals surface area (Å²) in [4.78, 5) is 11.3. The molecule has 0 aromatic heterocycles. The maximum Gasteiger partial charge on any atom is 0.137 e. The predicted molar refractivity (Wildman–Crippen MR) is 45.5 cm³/mol. The summed E-state index contributed by atoms with van der Waals surface area (Å²) in [7, 11) is 0. The van der Waals surface area contributed by atoms with Crippen LogP contribution in [-0.2, 0) is 4.79 Å². The van der Waals surface area contributed by atoms with Crippen LogP contribution in [0.5, 0.6) is 0 Å². The van der Waals surface area contributed by atoms with Gasteiger partial charge in [0.05, 0.1) is 0 Å². The third-order valence-corrected chi connectivity index (χ3v) is 2.72. The number of carbonyl (C=O) groups is 1. The second kappa shape index (κ2) is 3.35. The molecule has 2 nitrogen and oxygen atoms in total. The van der Waals surface area contributed by atoms with Gasteiger partial charge in [-0.1, -0.05) is 13.3 Å². The molecule has 0 aliphatic carbocycles. The number of hydrogen-bond acceptors (Lipinski definition) is 2. The van der Waals surface area contributed by atoms with Crippen molar-refractivity contribution in [2.75, 3.05) is 13.1 Å². The molecule has 1 unspecified atom stereocenters. The van der Waals surface area contributed by atoms with Crippen molar-refractivity contribution in [3.8, 4) is 0 Å². The molecule has 0 spiro atoms. The molecule has 1 rings (SSSR count). The largest absolute Gasteiger partial charge is 0.316 e. The van der Waals surface area contributed by atoms with Crippen LogP contribution in [-0.4, -0.2) is 18.9 Å². The smallest absolute Gasteiger partial charge is 0.137 e. The molecule has 1 fully saturated rings. The van der Waals surface area contributed by atoms with Crippen molar-refractivity contribution < 1.29 is 4.79 Å². The summed E-state index contributed by atoms with van der Waals surface area (Å²) in [6.07, 6.45) is 3.20. The number of hydrogen-bond donors (Lipinski definition) is 1. The second-order valence-corrected chi connectivity index (χ2v) is 3.51. The van der Waals surface area contributed by atoms with Gasteiger partial charge in [0.25, 0.3) is 0 Å². The van der Waals surface area contributed by atoms with E-state index in [1.165, 1.54) is 0 Å². The minimum absolute atomic E-state index is 0.00521. The van der Waals surface area contributed by atoms with Crippen molar-refractivity contribution in [1.29, 1.82) is 0 Å². The second-order valence-electron chi connectivity index (χ2n) is 3.51. The molecule has 11 heavy (non-hydrogen) atoms. The average molecular weight is 155 g/mol. The zero-order chi connectivity index (χ0) is 8.32. The molecule has 0 radical (unpaired) electrons. The Labute approximate surface area is 68.4 Å². The van der Waals surface area contributed by atoms with Crippen molar-refractivity contribution >= 4 is 5.78 Å². The van der Waals surface area contributed by atoms with Gasteiger partial charge in [-0.15, -0.1) is 0 Å². The molecule has 1 aliphatic rings. The van der Waals surface area contributed by atoms with E-state index in [4.69, 9.17) is 0 Å². The molecule has 2 heteroatoms. The predicted octanol–water partition coefficient (Wildman–Crippen LogP) is 1.36. The van der Waals surface area contributed by atoms with Crippen molar-refractivity contribution in [1.82, 2.24) is 5.32 Å². The molecule has 0 bridgehead atoms. The third kappa shape index (κ3) is 1.62. The fourth-order valence-corrected chi connectivity index (χ4v) is 1.91. The van der Waals surface area contributed by atoms with E-state index in [0.717, 1.165) is 32.4 Å². The lowest BCUT2D eigenvalue weighted by Gasteiger charge is -2.23. The van der Waals surface area contributed by atoms with Crippen LogP contribution in [0.4, 0.5) is 0 Å². The Kier molecular flexibility index (Phi) is 2.66. The van der Waals surface area contributed by atoms with Gasteiger partial charge >= 0.3 is 0 Å². The monoisotopic (exact) mass is 155 g/mol. The molecule has 1 atom stereocenters. The highest BCUT2D eigenvalue weighted by atomic mass is 16.1. The summed E-state index contributed by atoms with van der Waals surface area (Å²) in [6, 6.07) is 0. The van der Waals surface area contributed by atoms with Crippen LogP contribution in [0.15, 0.2) is 0 Å². The van der Waals surface area contributed by atoms with E-state index in [2.05, 4.69) is 12.2 Å². The molecular formula is C9H17NO. The van der Waals surface area contributed by atoms with Crippen LogP contribution in [0.2, 0.25) is 0 Å². The van der Waals surface area contributed by atoms with Crippen LogP contribution in [0.1, 0.15) is 33.1 Å². The van der Waals surface area contributed by atoms with Gasteiger partial charge in [0.2, 0.25) is 0 Å².